The molecule has 1 amide bonds. The minimum absolute atomic E-state index is 0.0302. The molecule has 0 heterocycles. The zero-order chi connectivity index (χ0) is 36.0. The van der Waals surface area contributed by atoms with Crippen molar-refractivity contribution in [3.05, 3.63) is 11.6 Å². The molecule has 8 unspecified atom stereocenters. The first-order valence-electron chi connectivity index (χ1n) is 21.4. The molecule has 0 aliphatic heterocycles. The van der Waals surface area contributed by atoms with Gasteiger partial charge in [0.25, 0.3) is 0 Å². The number of ether oxygens (including phenoxy) is 1. The van der Waals surface area contributed by atoms with Crippen LogP contribution in [0.4, 0.5) is 4.79 Å². The highest BCUT2D eigenvalue weighted by Crippen LogP contribution is 2.67. The van der Waals surface area contributed by atoms with Gasteiger partial charge in [-0.2, -0.15) is 0 Å². The van der Waals surface area contributed by atoms with Crippen molar-refractivity contribution in [2.24, 2.45) is 57.5 Å². The number of carbonyl (C=O) groups is 1. The fraction of sp³-hybridized carbons (Fsp3) is 0.933. The summed E-state index contributed by atoms with van der Waals surface area (Å²) < 4.78 is 6.39. The van der Waals surface area contributed by atoms with Gasteiger partial charge in [-0.25, -0.2) is 4.79 Å². The van der Waals surface area contributed by atoms with Crippen LogP contribution in [-0.2, 0) is 4.74 Å². The molecule has 4 heteroatoms. The highest BCUT2D eigenvalue weighted by molar-refractivity contribution is 5.67. The van der Waals surface area contributed by atoms with E-state index >= 15 is 0 Å². The number of nitrogens with zero attached hydrogens (tertiary/aromatic N) is 1. The Morgan fingerprint density at radius 2 is 1.63 bits per heavy atom. The number of fused-ring (bicyclic) bond motifs is 5. The lowest BCUT2D eigenvalue weighted by molar-refractivity contribution is -0.0536. The van der Waals surface area contributed by atoms with E-state index in [0.717, 1.165) is 80.7 Å². The van der Waals surface area contributed by atoms with E-state index in [1.165, 1.54) is 89.9 Å². The number of hydrogen-bond acceptors (Lipinski definition) is 3. The summed E-state index contributed by atoms with van der Waals surface area (Å²) >= 11 is 0. The van der Waals surface area contributed by atoms with Crippen LogP contribution in [0.3, 0.4) is 0 Å². The maximum atomic E-state index is 13.7. The summed E-state index contributed by atoms with van der Waals surface area (Å²) in [6, 6.07) is 0. The van der Waals surface area contributed by atoms with Gasteiger partial charge in [0, 0.05) is 25.0 Å². The number of rotatable bonds is 17. The van der Waals surface area contributed by atoms with E-state index in [1.54, 1.807) is 5.57 Å². The van der Waals surface area contributed by atoms with E-state index in [4.69, 9.17) is 10.5 Å². The summed E-state index contributed by atoms with van der Waals surface area (Å²) in [6.07, 6.45) is 26.4. The van der Waals surface area contributed by atoms with Crippen LogP contribution >= 0.6 is 0 Å². The number of allylic oxidation sites excluding steroid dienone is 1. The van der Waals surface area contributed by atoms with Gasteiger partial charge in [-0.3, -0.25) is 0 Å². The Hall–Kier alpha value is -1.03. The van der Waals surface area contributed by atoms with Crippen molar-refractivity contribution in [2.45, 2.75) is 203 Å². The van der Waals surface area contributed by atoms with E-state index in [0.29, 0.717) is 10.8 Å². The van der Waals surface area contributed by atoms with Gasteiger partial charge in [0.1, 0.15) is 6.10 Å². The highest BCUT2D eigenvalue weighted by Gasteiger charge is 2.58. The average Bonchev–Trinajstić information content (AvgIpc) is 3.35. The van der Waals surface area contributed by atoms with Gasteiger partial charge in [-0.15, -0.1) is 0 Å². The number of carbonyl (C=O) groups excluding carboxylic acids is 1. The molecular formula is C45H82N2O2. The van der Waals surface area contributed by atoms with Gasteiger partial charge in [-0.05, 0) is 136 Å². The van der Waals surface area contributed by atoms with Crippen LogP contribution in [-0.4, -0.2) is 35.7 Å². The molecule has 0 radical (unpaired) electrons. The molecule has 2 N–H and O–H groups in total. The summed E-state index contributed by atoms with van der Waals surface area (Å²) in [7, 11) is 0. The first-order valence-corrected chi connectivity index (χ1v) is 21.4. The van der Waals surface area contributed by atoms with Crippen molar-refractivity contribution in [2.75, 3.05) is 13.1 Å². The molecule has 0 bridgehead atoms. The van der Waals surface area contributed by atoms with Crippen LogP contribution in [0.1, 0.15) is 191 Å². The molecule has 8 atom stereocenters. The largest absolute Gasteiger partial charge is 0.446 e. The second-order valence-corrected chi connectivity index (χ2v) is 20.5. The van der Waals surface area contributed by atoms with E-state index in [1.807, 2.05) is 4.90 Å². The predicted molar refractivity (Wildman–Crippen MR) is 210 cm³/mol. The lowest BCUT2D eigenvalue weighted by Crippen LogP contribution is -2.50. The van der Waals surface area contributed by atoms with Gasteiger partial charge >= 0.3 is 6.09 Å². The van der Waals surface area contributed by atoms with Gasteiger partial charge in [-0.1, -0.05) is 112 Å². The molecule has 0 aromatic heterocycles. The third-order valence-corrected chi connectivity index (χ3v) is 14.8. The minimum Gasteiger partial charge on any atom is -0.446 e. The molecule has 3 fully saturated rings. The highest BCUT2D eigenvalue weighted by atomic mass is 16.6. The lowest BCUT2D eigenvalue weighted by atomic mass is 9.47. The third-order valence-electron chi connectivity index (χ3n) is 14.8. The SMILES string of the molecule is CCC(CCCC1CCC2C3CC=C4CC(OC(=O)N(CCCCCCCC(C)(C)N)CCC(C)(C)C)CCC4(C)C3CCC12C)C(C)C. The van der Waals surface area contributed by atoms with Crippen LogP contribution in [0.15, 0.2) is 11.6 Å². The van der Waals surface area contributed by atoms with E-state index in [2.05, 4.69) is 75.3 Å². The Morgan fingerprint density at radius 1 is 0.918 bits per heavy atom. The topological polar surface area (TPSA) is 55.6 Å². The summed E-state index contributed by atoms with van der Waals surface area (Å²) in [5.74, 6) is 5.22. The normalized spacial score (nSPS) is 32.2. The fourth-order valence-corrected chi connectivity index (χ4v) is 11.3. The van der Waals surface area contributed by atoms with Crippen LogP contribution in [0.5, 0.6) is 0 Å². The zero-order valence-electron chi connectivity index (χ0n) is 34.3. The van der Waals surface area contributed by atoms with Crippen LogP contribution in [0, 0.1) is 51.8 Å². The molecular weight excluding hydrogens is 601 g/mol. The van der Waals surface area contributed by atoms with E-state index in [-0.39, 0.29) is 23.2 Å². The second-order valence-electron chi connectivity index (χ2n) is 20.5. The molecule has 4 aliphatic rings. The van der Waals surface area contributed by atoms with Crippen molar-refractivity contribution in [1.82, 2.24) is 4.90 Å². The van der Waals surface area contributed by atoms with Gasteiger partial charge in [0.15, 0.2) is 0 Å². The molecule has 4 rings (SSSR count). The van der Waals surface area contributed by atoms with Gasteiger partial charge in [0.2, 0.25) is 0 Å². The van der Waals surface area contributed by atoms with Crippen LogP contribution in [0.25, 0.3) is 0 Å². The number of amides is 1. The summed E-state index contributed by atoms with van der Waals surface area (Å²) in [4.78, 5) is 15.7. The number of nitrogens with two attached hydrogens (primary N) is 1. The summed E-state index contributed by atoms with van der Waals surface area (Å²) in [5, 5.41) is 0. The van der Waals surface area contributed by atoms with Gasteiger partial charge < -0.3 is 15.4 Å². The summed E-state index contributed by atoms with van der Waals surface area (Å²) in [6.45, 7) is 25.2. The maximum absolute atomic E-state index is 13.7. The Bertz CT molecular complexity index is 1070. The van der Waals surface area contributed by atoms with Crippen LogP contribution in [0.2, 0.25) is 0 Å². The van der Waals surface area contributed by atoms with Crippen LogP contribution < -0.4 is 5.73 Å². The molecule has 284 valence electrons. The first-order chi connectivity index (χ1) is 23.0. The fourth-order valence-electron chi connectivity index (χ4n) is 11.3. The molecule has 4 aliphatic carbocycles. The lowest BCUT2D eigenvalue weighted by Gasteiger charge is -2.58. The predicted octanol–water partition coefficient (Wildman–Crippen LogP) is 12.7. The van der Waals surface area contributed by atoms with E-state index in [9.17, 15) is 4.79 Å². The number of unbranched alkanes of at least 4 members (excludes halogenated alkanes) is 4. The zero-order valence-corrected chi connectivity index (χ0v) is 34.3. The molecule has 3 saturated carbocycles. The molecule has 0 saturated heterocycles. The van der Waals surface area contributed by atoms with Gasteiger partial charge in [0.05, 0.1) is 0 Å². The number of hydrogen-bond donors (Lipinski definition) is 1. The third kappa shape index (κ3) is 10.8. The quantitative estimate of drug-likeness (QED) is 0.123. The average molecular weight is 683 g/mol. The van der Waals surface area contributed by atoms with E-state index < -0.39 is 0 Å². The summed E-state index contributed by atoms with van der Waals surface area (Å²) in [5.41, 5.74) is 8.76. The van der Waals surface area contributed by atoms with Crippen molar-refractivity contribution >= 4 is 6.09 Å². The Morgan fingerprint density at radius 3 is 2.31 bits per heavy atom. The Kier molecular flexibility index (Phi) is 14.3. The monoisotopic (exact) mass is 683 g/mol. The molecule has 0 aromatic carbocycles. The Labute approximate surface area is 304 Å². The maximum Gasteiger partial charge on any atom is 0.410 e. The molecule has 4 nitrogen and oxygen atoms in total. The smallest absolute Gasteiger partial charge is 0.410 e. The van der Waals surface area contributed by atoms with Crippen molar-refractivity contribution in [1.29, 1.82) is 0 Å². The molecule has 49 heavy (non-hydrogen) atoms. The molecule has 0 spiro atoms. The first kappa shape index (κ1) is 40.7. The van der Waals surface area contributed by atoms with Crippen molar-refractivity contribution in [3.63, 3.8) is 0 Å². The Balaban J connectivity index is 1.31. The van der Waals surface area contributed by atoms with Crippen molar-refractivity contribution < 1.29 is 9.53 Å². The minimum atomic E-state index is -0.0684. The van der Waals surface area contributed by atoms with Crippen molar-refractivity contribution in [3.8, 4) is 0 Å². The molecule has 0 aromatic rings. The second kappa shape index (κ2) is 17.2. The standard InChI is InChI=1S/C45H82N2O2/c1-11-34(33(2)3)18-17-19-35-21-23-39-38-22-20-36-32-37(24-27-45(36,10)40(38)25-28-44(35,39)9)49-41(48)47(31-29-42(4,5)6)30-16-14-12-13-15-26-43(7,8)46/h20,33-35,37-40H,11-19,21-32,46H2,1-10H3.